The molecule has 0 atom stereocenters. The number of fused-ring (bicyclic) bond motifs is 1. The molecule has 0 aromatic heterocycles. The van der Waals surface area contributed by atoms with E-state index < -0.39 is 4.92 Å². The Bertz CT molecular complexity index is 552. The summed E-state index contributed by atoms with van der Waals surface area (Å²) in [6.07, 6.45) is 2.24. The fraction of sp³-hybridized carbons (Fsp3) is 0.500. The minimum absolute atomic E-state index is 0.0195. The van der Waals surface area contributed by atoms with Gasteiger partial charge in [0.2, 0.25) is 5.91 Å². The minimum atomic E-state index is -0.421. The standard InChI is InChI=1S/C14H16N2O4/c17-14(11-4-7-20-8-5-11)15-6-3-10-1-2-12(16(18)19)9-13(10)15/h1-2,9,11H,3-8H2. The second-order valence-corrected chi connectivity index (χ2v) is 5.20. The van der Waals surface area contributed by atoms with Crippen molar-refractivity contribution in [1.29, 1.82) is 0 Å². The summed E-state index contributed by atoms with van der Waals surface area (Å²) in [7, 11) is 0. The van der Waals surface area contributed by atoms with Crippen molar-refractivity contribution in [3.05, 3.63) is 33.9 Å². The Morgan fingerprint density at radius 2 is 2.10 bits per heavy atom. The summed E-state index contributed by atoms with van der Waals surface area (Å²) >= 11 is 0. The van der Waals surface area contributed by atoms with Gasteiger partial charge in [-0.25, -0.2) is 0 Å². The van der Waals surface area contributed by atoms with E-state index in [2.05, 4.69) is 0 Å². The first-order valence-electron chi connectivity index (χ1n) is 6.83. The Morgan fingerprint density at radius 1 is 1.35 bits per heavy atom. The molecule has 20 heavy (non-hydrogen) atoms. The topological polar surface area (TPSA) is 72.7 Å². The van der Waals surface area contributed by atoms with Gasteiger partial charge in [0.15, 0.2) is 0 Å². The molecule has 0 spiro atoms. The number of nitro benzene ring substituents is 1. The van der Waals surface area contributed by atoms with Crippen molar-refractivity contribution in [1.82, 2.24) is 0 Å². The number of nitro groups is 1. The molecule has 0 unspecified atom stereocenters. The quantitative estimate of drug-likeness (QED) is 0.611. The van der Waals surface area contributed by atoms with Gasteiger partial charge >= 0.3 is 0 Å². The molecular formula is C14H16N2O4. The number of benzene rings is 1. The van der Waals surface area contributed by atoms with Gasteiger partial charge in [-0.2, -0.15) is 0 Å². The fourth-order valence-electron chi connectivity index (χ4n) is 2.88. The highest BCUT2D eigenvalue weighted by Gasteiger charge is 2.32. The van der Waals surface area contributed by atoms with E-state index in [1.807, 2.05) is 0 Å². The lowest BCUT2D eigenvalue weighted by molar-refractivity contribution is -0.384. The van der Waals surface area contributed by atoms with Gasteiger partial charge in [0.05, 0.1) is 10.6 Å². The number of rotatable bonds is 2. The fourth-order valence-corrected chi connectivity index (χ4v) is 2.88. The number of hydrogen-bond acceptors (Lipinski definition) is 4. The average molecular weight is 276 g/mol. The number of nitrogens with zero attached hydrogens (tertiary/aromatic N) is 2. The maximum atomic E-state index is 12.5. The zero-order valence-corrected chi connectivity index (χ0v) is 11.1. The van der Waals surface area contributed by atoms with Gasteiger partial charge in [0, 0.05) is 37.8 Å². The molecule has 2 aliphatic heterocycles. The van der Waals surface area contributed by atoms with Crippen LogP contribution in [0.3, 0.4) is 0 Å². The summed E-state index contributed by atoms with van der Waals surface area (Å²) in [6.45, 7) is 1.85. The Kier molecular flexibility index (Phi) is 3.40. The van der Waals surface area contributed by atoms with E-state index in [0.717, 1.165) is 24.8 Å². The van der Waals surface area contributed by atoms with Gasteiger partial charge in [-0.3, -0.25) is 14.9 Å². The molecule has 2 heterocycles. The third-order valence-corrected chi connectivity index (χ3v) is 4.01. The van der Waals surface area contributed by atoms with Crippen LogP contribution < -0.4 is 4.90 Å². The molecule has 2 aliphatic rings. The lowest BCUT2D eigenvalue weighted by atomic mass is 9.98. The molecule has 1 saturated heterocycles. The first kappa shape index (κ1) is 13.1. The van der Waals surface area contributed by atoms with Crippen LogP contribution in [0.4, 0.5) is 11.4 Å². The van der Waals surface area contributed by atoms with E-state index in [-0.39, 0.29) is 17.5 Å². The smallest absolute Gasteiger partial charge is 0.271 e. The molecule has 1 fully saturated rings. The molecule has 106 valence electrons. The first-order valence-corrected chi connectivity index (χ1v) is 6.83. The van der Waals surface area contributed by atoms with Crippen LogP contribution in [0.5, 0.6) is 0 Å². The number of carbonyl (C=O) groups is 1. The molecule has 1 amide bonds. The van der Waals surface area contributed by atoms with Gasteiger partial charge < -0.3 is 9.64 Å². The molecule has 0 bridgehead atoms. The van der Waals surface area contributed by atoms with Crippen LogP contribution >= 0.6 is 0 Å². The van der Waals surface area contributed by atoms with Gasteiger partial charge in [-0.05, 0) is 24.8 Å². The van der Waals surface area contributed by atoms with Crippen molar-refractivity contribution in [3.63, 3.8) is 0 Å². The molecule has 0 radical (unpaired) electrons. The molecule has 0 N–H and O–H groups in total. The van der Waals surface area contributed by atoms with Crippen molar-refractivity contribution in [2.45, 2.75) is 19.3 Å². The molecular weight excluding hydrogens is 260 g/mol. The molecule has 1 aromatic rings. The SMILES string of the molecule is O=C(C1CCOCC1)N1CCc2ccc([N+](=O)[O-])cc21. The van der Waals surface area contributed by atoms with Crippen LogP contribution in [0.25, 0.3) is 0 Å². The highest BCUT2D eigenvalue weighted by Crippen LogP contribution is 2.33. The summed E-state index contributed by atoms with van der Waals surface area (Å²) in [5, 5.41) is 10.9. The largest absolute Gasteiger partial charge is 0.381 e. The van der Waals surface area contributed by atoms with Crippen molar-refractivity contribution in [2.75, 3.05) is 24.7 Å². The Balaban J connectivity index is 1.85. The predicted octanol–water partition coefficient (Wildman–Crippen LogP) is 1.91. The van der Waals surface area contributed by atoms with Crippen molar-refractivity contribution in [2.24, 2.45) is 5.92 Å². The van der Waals surface area contributed by atoms with Crippen molar-refractivity contribution in [3.8, 4) is 0 Å². The van der Waals surface area contributed by atoms with Crippen LogP contribution in [0.1, 0.15) is 18.4 Å². The van der Waals surface area contributed by atoms with E-state index in [4.69, 9.17) is 4.74 Å². The highest BCUT2D eigenvalue weighted by molar-refractivity contribution is 5.97. The first-order chi connectivity index (χ1) is 9.66. The number of amides is 1. The van der Waals surface area contributed by atoms with Crippen LogP contribution in [0.15, 0.2) is 18.2 Å². The Labute approximate surface area is 116 Å². The lowest BCUT2D eigenvalue weighted by Crippen LogP contribution is -2.37. The molecule has 3 rings (SSSR count). The lowest BCUT2D eigenvalue weighted by Gasteiger charge is -2.26. The molecule has 6 heteroatoms. The van der Waals surface area contributed by atoms with Gasteiger partial charge in [-0.1, -0.05) is 6.07 Å². The number of carbonyl (C=O) groups excluding carboxylic acids is 1. The van der Waals surface area contributed by atoms with Crippen LogP contribution in [-0.4, -0.2) is 30.6 Å². The third kappa shape index (κ3) is 2.27. The second kappa shape index (κ2) is 5.20. The number of ether oxygens (including phenoxy) is 1. The number of non-ortho nitro benzene ring substituents is 1. The Hall–Kier alpha value is -1.95. The summed E-state index contributed by atoms with van der Waals surface area (Å²) in [4.78, 5) is 24.7. The summed E-state index contributed by atoms with van der Waals surface area (Å²) < 4.78 is 5.27. The zero-order valence-electron chi connectivity index (χ0n) is 11.1. The molecule has 0 aliphatic carbocycles. The number of anilines is 1. The van der Waals surface area contributed by atoms with Crippen LogP contribution in [0, 0.1) is 16.0 Å². The number of hydrogen-bond donors (Lipinski definition) is 0. The van der Waals surface area contributed by atoms with E-state index in [1.165, 1.54) is 12.1 Å². The normalized spacial score (nSPS) is 18.9. The highest BCUT2D eigenvalue weighted by atomic mass is 16.6. The van der Waals surface area contributed by atoms with E-state index in [9.17, 15) is 14.9 Å². The second-order valence-electron chi connectivity index (χ2n) is 5.20. The molecule has 6 nitrogen and oxygen atoms in total. The zero-order chi connectivity index (χ0) is 14.1. The van der Waals surface area contributed by atoms with Crippen molar-refractivity contribution < 1.29 is 14.5 Å². The van der Waals surface area contributed by atoms with Gasteiger partial charge in [-0.15, -0.1) is 0 Å². The van der Waals surface area contributed by atoms with E-state index >= 15 is 0 Å². The van der Waals surface area contributed by atoms with Crippen molar-refractivity contribution >= 4 is 17.3 Å². The summed E-state index contributed by atoms with van der Waals surface area (Å²) in [6, 6.07) is 4.77. The third-order valence-electron chi connectivity index (χ3n) is 4.01. The van der Waals surface area contributed by atoms with Crippen LogP contribution in [0.2, 0.25) is 0 Å². The average Bonchev–Trinajstić information content (AvgIpc) is 2.90. The van der Waals surface area contributed by atoms with Gasteiger partial charge in [0.25, 0.3) is 5.69 Å². The minimum Gasteiger partial charge on any atom is -0.381 e. The van der Waals surface area contributed by atoms with Crippen LogP contribution in [-0.2, 0) is 16.0 Å². The predicted molar refractivity (Wildman–Crippen MR) is 72.7 cm³/mol. The molecule has 1 aromatic carbocycles. The van der Waals surface area contributed by atoms with E-state index in [1.54, 1.807) is 11.0 Å². The monoisotopic (exact) mass is 276 g/mol. The van der Waals surface area contributed by atoms with E-state index in [0.29, 0.717) is 25.4 Å². The molecule has 0 saturated carbocycles. The summed E-state index contributed by atoms with van der Waals surface area (Å²) in [5.74, 6) is 0.0570. The maximum Gasteiger partial charge on any atom is 0.271 e. The maximum absolute atomic E-state index is 12.5. The van der Waals surface area contributed by atoms with Gasteiger partial charge in [0.1, 0.15) is 0 Å². The summed E-state index contributed by atoms with van der Waals surface area (Å²) in [5.41, 5.74) is 1.75. The Morgan fingerprint density at radius 3 is 2.80 bits per heavy atom.